The van der Waals surface area contributed by atoms with Crippen molar-refractivity contribution >= 4 is 10.2 Å². The highest BCUT2D eigenvalue weighted by Crippen LogP contribution is 2.20. The Morgan fingerprint density at radius 1 is 1.16 bits per heavy atom. The fourth-order valence-electron chi connectivity index (χ4n) is 2.12. The molecule has 1 aliphatic rings. The fourth-order valence-corrected chi connectivity index (χ4v) is 3.65. The van der Waals surface area contributed by atoms with E-state index >= 15 is 0 Å². The predicted octanol–water partition coefficient (Wildman–Crippen LogP) is 1.92. The largest absolute Gasteiger partial charge is 0.280 e. The minimum atomic E-state index is -3.39. The molecular formula is C14H22N2O2S. The summed E-state index contributed by atoms with van der Waals surface area (Å²) in [6.07, 6.45) is 0.785. The first-order chi connectivity index (χ1) is 8.90. The monoisotopic (exact) mass is 282 g/mol. The third-order valence-corrected chi connectivity index (χ3v) is 5.43. The number of rotatable bonds is 4. The lowest BCUT2D eigenvalue weighted by molar-refractivity contribution is 0.370. The van der Waals surface area contributed by atoms with Crippen molar-refractivity contribution in [3.05, 3.63) is 35.4 Å². The van der Waals surface area contributed by atoms with E-state index < -0.39 is 10.2 Å². The van der Waals surface area contributed by atoms with E-state index in [1.807, 2.05) is 39.0 Å². The molecule has 0 aliphatic carbocycles. The molecule has 0 saturated heterocycles. The van der Waals surface area contributed by atoms with Crippen LogP contribution < -0.4 is 4.72 Å². The summed E-state index contributed by atoms with van der Waals surface area (Å²) in [6, 6.07) is 7.98. The molecule has 0 saturated carbocycles. The van der Waals surface area contributed by atoms with Crippen LogP contribution >= 0.6 is 0 Å². The van der Waals surface area contributed by atoms with E-state index in [0.717, 1.165) is 12.0 Å². The molecule has 19 heavy (non-hydrogen) atoms. The van der Waals surface area contributed by atoms with Gasteiger partial charge in [-0.1, -0.05) is 38.1 Å². The molecule has 5 heteroatoms. The molecular weight excluding hydrogens is 260 g/mol. The van der Waals surface area contributed by atoms with Crippen LogP contribution in [0.1, 0.15) is 31.9 Å². The predicted molar refractivity (Wildman–Crippen MR) is 76.9 cm³/mol. The van der Waals surface area contributed by atoms with Crippen LogP contribution in [0.3, 0.4) is 0 Å². The molecule has 1 heterocycles. The fraction of sp³-hybridized carbons (Fsp3) is 0.571. The maximum atomic E-state index is 12.3. The third kappa shape index (κ3) is 3.35. The zero-order valence-corrected chi connectivity index (χ0v) is 12.6. The van der Waals surface area contributed by atoms with E-state index in [1.54, 1.807) is 0 Å². The maximum absolute atomic E-state index is 12.3. The zero-order chi connectivity index (χ0) is 14.0. The summed E-state index contributed by atoms with van der Waals surface area (Å²) in [5.74, 6) is 0.284. The smallest absolute Gasteiger partial charge is 0.199 e. The van der Waals surface area contributed by atoms with Crippen LogP contribution in [0.25, 0.3) is 0 Å². The van der Waals surface area contributed by atoms with Crippen molar-refractivity contribution in [1.82, 2.24) is 9.03 Å². The highest BCUT2D eigenvalue weighted by molar-refractivity contribution is 7.87. The summed E-state index contributed by atoms with van der Waals surface area (Å²) in [6.45, 7) is 6.95. The molecule has 0 unspecified atom stereocenters. The van der Waals surface area contributed by atoms with Gasteiger partial charge in [0.25, 0.3) is 10.2 Å². The van der Waals surface area contributed by atoms with Crippen LogP contribution in [0, 0.1) is 5.92 Å². The normalized spacial score (nSPS) is 18.3. The van der Waals surface area contributed by atoms with Crippen molar-refractivity contribution in [3.63, 3.8) is 0 Å². The second-order valence-electron chi connectivity index (χ2n) is 5.51. The van der Waals surface area contributed by atoms with Gasteiger partial charge in [0.05, 0.1) is 0 Å². The molecule has 1 aliphatic heterocycles. The van der Waals surface area contributed by atoms with Gasteiger partial charge in [-0.2, -0.15) is 17.4 Å². The second kappa shape index (κ2) is 5.61. The van der Waals surface area contributed by atoms with E-state index in [1.165, 1.54) is 9.87 Å². The molecule has 0 spiro atoms. The van der Waals surface area contributed by atoms with Crippen LogP contribution in [0.4, 0.5) is 0 Å². The van der Waals surface area contributed by atoms with E-state index in [0.29, 0.717) is 13.1 Å². The van der Waals surface area contributed by atoms with Crippen molar-refractivity contribution in [2.24, 2.45) is 5.92 Å². The Morgan fingerprint density at radius 3 is 2.42 bits per heavy atom. The van der Waals surface area contributed by atoms with E-state index in [-0.39, 0.29) is 12.0 Å². The maximum Gasteiger partial charge on any atom is 0.280 e. The molecule has 0 radical (unpaired) electrons. The van der Waals surface area contributed by atoms with Gasteiger partial charge in [-0.25, -0.2) is 0 Å². The SMILES string of the molecule is CC(C)[C@H](C)NS(=O)(=O)N1CCc2ccccc2C1. The summed E-state index contributed by atoms with van der Waals surface area (Å²) in [5.41, 5.74) is 2.36. The molecule has 1 aromatic carbocycles. The van der Waals surface area contributed by atoms with Gasteiger partial charge in [-0.3, -0.25) is 0 Å². The quantitative estimate of drug-likeness (QED) is 0.917. The third-order valence-electron chi connectivity index (χ3n) is 3.77. The topological polar surface area (TPSA) is 49.4 Å². The Labute approximate surface area is 116 Å². The van der Waals surface area contributed by atoms with Crippen molar-refractivity contribution in [3.8, 4) is 0 Å². The Kier molecular flexibility index (Phi) is 4.28. The molecule has 1 N–H and O–H groups in total. The van der Waals surface area contributed by atoms with Gasteiger partial charge in [-0.05, 0) is 30.4 Å². The average Bonchev–Trinajstić information content (AvgIpc) is 2.37. The van der Waals surface area contributed by atoms with Gasteiger partial charge in [0.2, 0.25) is 0 Å². The van der Waals surface area contributed by atoms with Gasteiger partial charge in [0.15, 0.2) is 0 Å². The number of nitrogens with zero attached hydrogens (tertiary/aromatic N) is 1. The molecule has 0 bridgehead atoms. The van der Waals surface area contributed by atoms with Crippen LogP contribution in [0.2, 0.25) is 0 Å². The second-order valence-corrected chi connectivity index (χ2v) is 7.21. The van der Waals surface area contributed by atoms with Crippen molar-refractivity contribution < 1.29 is 8.42 Å². The Bertz CT molecular complexity index is 540. The number of hydrogen-bond donors (Lipinski definition) is 1. The number of benzene rings is 1. The molecule has 106 valence electrons. The first-order valence-electron chi connectivity index (χ1n) is 6.74. The highest BCUT2D eigenvalue weighted by atomic mass is 32.2. The summed E-state index contributed by atoms with van der Waals surface area (Å²) in [4.78, 5) is 0. The van der Waals surface area contributed by atoms with Gasteiger partial charge >= 0.3 is 0 Å². The average molecular weight is 282 g/mol. The Morgan fingerprint density at radius 2 is 1.79 bits per heavy atom. The highest BCUT2D eigenvalue weighted by Gasteiger charge is 2.28. The molecule has 0 amide bonds. The molecule has 4 nitrogen and oxygen atoms in total. The summed E-state index contributed by atoms with van der Waals surface area (Å²) >= 11 is 0. The van der Waals surface area contributed by atoms with Crippen molar-refractivity contribution in [2.75, 3.05) is 6.54 Å². The Balaban J connectivity index is 2.12. The van der Waals surface area contributed by atoms with Crippen LogP contribution in [-0.4, -0.2) is 25.3 Å². The lowest BCUT2D eigenvalue weighted by Gasteiger charge is -2.30. The summed E-state index contributed by atoms with van der Waals surface area (Å²) in [5, 5.41) is 0. The molecule has 1 atom stereocenters. The first kappa shape index (κ1) is 14.5. The molecule has 0 aromatic heterocycles. The van der Waals surface area contributed by atoms with Gasteiger partial charge in [0.1, 0.15) is 0 Å². The van der Waals surface area contributed by atoms with Gasteiger partial charge in [0, 0.05) is 19.1 Å². The van der Waals surface area contributed by atoms with Crippen LogP contribution in [0.15, 0.2) is 24.3 Å². The minimum Gasteiger partial charge on any atom is -0.199 e. The summed E-state index contributed by atoms with van der Waals surface area (Å²) in [7, 11) is -3.39. The molecule has 0 fully saturated rings. The summed E-state index contributed by atoms with van der Waals surface area (Å²) < 4.78 is 28.9. The number of hydrogen-bond acceptors (Lipinski definition) is 2. The van der Waals surface area contributed by atoms with E-state index in [9.17, 15) is 8.42 Å². The zero-order valence-electron chi connectivity index (χ0n) is 11.8. The molecule has 1 aromatic rings. The molecule has 2 rings (SSSR count). The van der Waals surface area contributed by atoms with Gasteiger partial charge < -0.3 is 0 Å². The standard InChI is InChI=1S/C14H22N2O2S/c1-11(2)12(3)15-19(17,18)16-9-8-13-6-4-5-7-14(13)10-16/h4-7,11-12,15H,8-10H2,1-3H3/t12-/m0/s1. The van der Waals surface area contributed by atoms with Crippen LogP contribution in [-0.2, 0) is 23.2 Å². The Hall–Kier alpha value is -0.910. The van der Waals surface area contributed by atoms with Crippen molar-refractivity contribution in [1.29, 1.82) is 0 Å². The van der Waals surface area contributed by atoms with Gasteiger partial charge in [-0.15, -0.1) is 0 Å². The lowest BCUT2D eigenvalue weighted by atomic mass is 10.0. The number of fused-ring (bicyclic) bond motifs is 1. The van der Waals surface area contributed by atoms with E-state index in [4.69, 9.17) is 0 Å². The lowest BCUT2D eigenvalue weighted by Crippen LogP contribution is -2.47. The minimum absolute atomic E-state index is 0.0535. The van der Waals surface area contributed by atoms with Crippen LogP contribution in [0.5, 0.6) is 0 Å². The number of nitrogens with one attached hydrogen (secondary N) is 1. The van der Waals surface area contributed by atoms with Crippen molar-refractivity contribution in [2.45, 2.75) is 39.8 Å². The van der Waals surface area contributed by atoms with E-state index in [2.05, 4.69) is 10.8 Å². The first-order valence-corrected chi connectivity index (χ1v) is 8.18.